The van der Waals surface area contributed by atoms with E-state index in [1.165, 1.54) is 0 Å². The monoisotopic (exact) mass is 309 g/mol. The van der Waals surface area contributed by atoms with Crippen molar-refractivity contribution in [3.8, 4) is 0 Å². The molecule has 1 aliphatic heterocycles. The molecule has 1 aromatic carbocycles. The highest BCUT2D eigenvalue weighted by molar-refractivity contribution is 6.31. The van der Waals surface area contributed by atoms with Crippen molar-refractivity contribution in [1.82, 2.24) is 4.90 Å². The van der Waals surface area contributed by atoms with Crippen LogP contribution in [-0.2, 0) is 9.59 Å². The molecule has 0 saturated carbocycles. The van der Waals surface area contributed by atoms with Crippen molar-refractivity contribution in [2.45, 2.75) is 38.6 Å². The van der Waals surface area contributed by atoms with Gasteiger partial charge in [0.05, 0.1) is 6.04 Å². The van der Waals surface area contributed by atoms with E-state index in [1.54, 1.807) is 6.92 Å². The lowest BCUT2D eigenvalue weighted by molar-refractivity contribution is -0.138. The van der Waals surface area contributed by atoms with Crippen LogP contribution in [-0.4, -0.2) is 28.4 Å². The molecule has 1 fully saturated rings. The van der Waals surface area contributed by atoms with Gasteiger partial charge >= 0.3 is 5.97 Å². The number of carboxylic acid groups (broad SMARTS) is 1. The van der Waals surface area contributed by atoms with Gasteiger partial charge in [-0.2, -0.15) is 0 Å². The lowest BCUT2D eigenvalue weighted by Crippen LogP contribution is -2.32. The van der Waals surface area contributed by atoms with Crippen molar-refractivity contribution in [3.05, 3.63) is 34.9 Å². The molecule has 21 heavy (non-hydrogen) atoms. The Morgan fingerprint density at radius 2 is 2.10 bits per heavy atom. The number of likely N-dealkylation sites (tertiary alicyclic amines) is 1. The summed E-state index contributed by atoms with van der Waals surface area (Å²) in [5.41, 5.74) is 0.982. The van der Waals surface area contributed by atoms with Gasteiger partial charge in [-0.1, -0.05) is 36.7 Å². The molecule has 0 bridgehead atoms. The van der Waals surface area contributed by atoms with Gasteiger partial charge in [0.25, 0.3) is 0 Å². The van der Waals surface area contributed by atoms with E-state index in [4.69, 9.17) is 16.7 Å². The van der Waals surface area contributed by atoms with Gasteiger partial charge in [-0.3, -0.25) is 9.59 Å². The van der Waals surface area contributed by atoms with Crippen LogP contribution in [0.3, 0.4) is 0 Å². The molecule has 2 rings (SSSR count). The summed E-state index contributed by atoms with van der Waals surface area (Å²) >= 11 is 6.23. The Balaban J connectivity index is 2.06. The van der Waals surface area contributed by atoms with Crippen LogP contribution >= 0.6 is 11.6 Å². The fraction of sp³-hybridized carbons (Fsp3) is 0.500. The molecular weight excluding hydrogens is 290 g/mol. The number of aliphatic carboxylic acids is 1. The second kappa shape index (κ2) is 6.94. The normalized spacial score (nSPS) is 19.5. The molecule has 0 spiro atoms. The molecule has 2 atom stereocenters. The van der Waals surface area contributed by atoms with Crippen molar-refractivity contribution in [2.75, 3.05) is 6.54 Å². The van der Waals surface area contributed by atoms with Gasteiger partial charge in [-0.15, -0.1) is 0 Å². The highest BCUT2D eigenvalue weighted by atomic mass is 35.5. The maximum absolute atomic E-state index is 12.4. The van der Waals surface area contributed by atoms with Crippen LogP contribution in [0.15, 0.2) is 24.3 Å². The first-order valence-electron chi connectivity index (χ1n) is 7.24. The Hall–Kier alpha value is -1.55. The number of carbonyl (C=O) groups is 2. The number of hydrogen-bond acceptors (Lipinski definition) is 2. The number of rotatable bonds is 5. The summed E-state index contributed by atoms with van der Waals surface area (Å²) in [5, 5.41) is 9.47. The van der Waals surface area contributed by atoms with E-state index in [1.807, 2.05) is 29.2 Å². The van der Waals surface area contributed by atoms with Crippen LogP contribution in [0.1, 0.15) is 44.2 Å². The smallest absolute Gasteiger partial charge is 0.303 e. The summed E-state index contributed by atoms with van der Waals surface area (Å²) < 4.78 is 0. The van der Waals surface area contributed by atoms with E-state index in [0.29, 0.717) is 11.6 Å². The van der Waals surface area contributed by atoms with Gasteiger partial charge in [0, 0.05) is 24.4 Å². The third-order valence-corrected chi connectivity index (χ3v) is 4.23. The van der Waals surface area contributed by atoms with Crippen molar-refractivity contribution >= 4 is 23.5 Å². The molecule has 0 radical (unpaired) electrons. The Bertz CT molecular complexity index is 532. The molecule has 2 unspecified atom stereocenters. The van der Waals surface area contributed by atoms with Gasteiger partial charge in [0.1, 0.15) is 0 Å². The SMILES string of the molecule is CC(CC(=O)O)CC(=O)N1CCCC1c1ccccc1Cl. The minimum atomic E-state index is -0.862. The lowest BCUT2D eigenvalue weighted by Gasteiger charge is -2.27. The molecule has 1 heterocycles. The molecular formula is C16H20ClNO3. The predicted molar refractivity (Wildman–Crippen MR) is 81.2 cm³/mol. The second-order valence-corrected chi connectivity index (χ2v) is 6.08. The zero-order valence-electron chi connectivity index (χ0n) is 12.1. The quantitative estimate of drug-likeness (QED) is 0.905. The molecule has 4 nitrogen and oxygen atoms in total. The number of carbonyl (C=O) groups excluding carboxylic acids is 1. The van der Waals surface area contributed by atoms with Crippen LogP contribution in [0.4, 0.5) is 0 Å². The van der Waals surface area contributed by atoms with Gasteiger partial charge in [-0.25, -0.2) is 0 Å². The lowest BCUT2D eigenvalue weighted by atomic mass is 10.0. The van der Waals surface area contributed by atoms with Gasteiger partial charge in [0.15, 0.2) is 0 Å². The summed E-state index contributed by atoms with van der Waals surface area (Å²) in [6.45, 7) is 2.51. The maximum atomic E-state index is 12.4. The van der Waals surface area contributed by atoms with E-state index in [9.17, 15) is 9.59 Å². The molecule has 1 N–H and O–H groups in total. The zero-order chi connectivity index (χ0) is 15.4. The standard InChI is InChI=1S/C16H20ClNO3/c1-11(10-16(20)21)9-15(19)18-8-4-7-14(18)12-5-2-3-6-13(12)17/h2-3,5-6,11,14H,4,7-10H2,1H3,(H,20,21). The van der Waals surface area contributed by atoms with E-state index in [2.05, 4.69) is 0 Å². The Morgan fingerprint density at radius 1 is 1.38 bits per heavy atom. The molecule has 5 heteroatoms. The van der Waals surface area contributed by atoms with Gasteiger partial charge in [-0.05, 0) is 30.4 Å². The van der Waals surface area contributed by atoms with Crippen LogP contribution in [0, 0.1) is 5.92 Å². The number of benzene rings is 1. The summed E-state index contributed by atoms with van der Waals surface area (Å²) in [4.78, 5) is 25.0. The minimum Gasteiger partial charge on any atom is -0.481 e. The Kier molecular flexibility index (Phi) is 5.23. The highest BCUT2D eigenvalue weighted by Gasteiger charge is 2.31. The van der Waals surface area contributed by atoms with Crippen molar-refractivity contribution in [1.29, 1.82) is 0 Å². The summed E-state index contributed by atoms with van der Waals surface area (Å²) in [5.74, 6) is -0.993. The molecule has 1 aliphatic rings. The first kappa shape index (κ1) is 15.8. The van der Waals surface area contributed by atoms with Crippen molar-refractivity contribution in [3.63, 3.8) is 0 Å². The van der Waals surface area contributed by atoms with Gasteiger partial charge < -0.3 is 10.0 Å². The number of carboxylic acids is 1. The summed E-state index contributed by atoms with van der Waals surface area (Å²) in [7, 11) is 0. The summed E-state index contributed by atoms with van der Waals surface area (Å²) in [6.07, 6.45) is 2.15. The van der Waals surface area contributed by atoms with E-state index < -0.39 is 5.97 Å². The maximum Gasteiger partial charge on any atom is 0.303 e. The van der Waals surface area contributed by atoms with Crippen molar-refractivity contribution in [2.24, 2.45) is 5.92 Å². The average Bonchev–Trinajstić information content (AvgIpc) is 2.87. The Labute approximate surface area is 129 Å². The predicted octanol–water partition coefficient (Wildman–Crippen LogP) is 3.50. The van der Waals surface area contributed by atoms with E-state index in [0.717, 1.165) is 18.4 Å². The molecule has 1 saturated heterocycles. The van der Waals surface area contributed by atoms with Crippen LogP contribution in [0.25, 0.3) is 0 Å². The Morgan fingerprint density at radius 3 is 2.76 bits per heavy atom. The van der Waals surface area contributed by atoms with Crippen molar-refractivity contribution < 1.29 is 14.7 Å². The molecule has 1 amide bonds. The van der Waals surface area contributed by atoms with Gasteiger partial charge in [0.2, 0.25) is 5.91 Å². The number of nitrogens with zero attached hydrogens (tertiary/aromatic N) is 1. The third kappa shape index (κ3) is 3.97. The molecule has 0 aliphatic carbocycles. The van der Waals surface area contributed by atoms with Crippen LogP contribution in [0.2, 0.25) is 5.02 Å². The third-order valence-electron chi connectivity index (χ3n) is 3.88. The highest BCUT2D eigenvalue weighted by Crippen LogP contribution is 2.36. The minimum absolute atomic E-state index is 0.0169. The number of halogens is 1. The topological polar surface area (TPSA) is 57.6 Å². The summed E-state index contributed by atoms with van der Waals surface area (Å²) in [6, 6.07) is 7.62. The first-order valence-corrected chi connectivity index (χ1v) is 7.62. The van der Waals surface area contributed by atoms with Crippen LogP contribution < -0.4 is 0 Å². The average molecular weight is 310 g/mol. The fourth-order valence-electron chi connectivity index (χ4n) is 2.92. The number of amides is 1. The first-order chi connectivity index (χ1) is 9.99. The fourth-order valence-corrected chi connectivity index (χ4v) is 3.18. The largest absolute Gasteiger partial charge is 0.481 e. The molecule has 114 valence electrons. The second-order valence-electron chi connectivity index (χ2n) is 5.67. The molecule has 0 aromatic heterocycles. The number of hydrogen-bond donors (Lipinski definition) is 1. The van der Waals surface area contributed by atoms with E-state index in [-0.39, 0.29) is 30.7 Å². The molecule has 1 aromatic rings. The van der Waals surface area contributed by atoms with E-state index >= 15 is 0 Å². The zero-order valence-corrected chi connectivity index (χ0v) is 12.8. The van der Waals surface area contributed by atoms with Crippen LogP contribution in [0.5, 0.6) is 0 Å².